The van der Waals surface area contributed by atoms with Crippen molar-refractivity contribution in [3.05, 3.63) is 0 Å². The molecule has 1 fully saturated rings. The fourth-order valence-electron chi connectivity index (χ4n) is 2.83. The highest BCUT2D eigenvalue weighted by Gasteiger charge is 2.53. The monoisotopic (exact) mass is 458 g/mol. The second-order valence-corrected chi connectivity index (χ2v) is 18.7. The molecular weight excluding hydrogens is 419 g/mol. The highest BCUT2D eigenvalue weighted by Crippen LogP contribution is 2.60. The molecule has 28 heavy (non-hydrogen) atoms. The van der Waals surface area contributed by atoms with Gasteiger partial charge in [-0.3, -0.25) is 4.57 Å². The van der Waals surface area contributed by atoms with Crippen LogP contribution in [0, 0.1) is 0 Å². The minimum absolute atomic E-state index is 0.0612. The zero-order chi connectivity index (χ0) is 22.1. The van der Waals surface area contributed by atoms with Crippen molar-refractivity contribution in [1.82, 2.24) is 0 Å². The Balaban J connectivity index is 3.27. The van der Waals surface area contributed by atoms with Gasteiger partial charge in [-0.25, -0.2) is 8.42 Å². The topological polar surface area (TPSA) is 88.1 Å². The van der Waals surface area contributed by atoms with E-state index >= 15 is 0 Å². The van der Waals surface area contributed by atoms with Crippen LogP contribution in [-0.2, 0) is 32.6 Å². The molecule has 0 unspecified atom stereocenters. The summed E-state index contributed by atoms with van der Waals surface area (Å²) in [6, 6.07) is 0. The normalized spacial score (nSPS) is 25.1. The minimum atomic E-state index is -3.70. The number of ether oxygens (including phenoxy) is 1. The van der Waals surface area contributed by atoms with E-state index in [2.05, 4.69) is 33.9 Å². The minimum Gasteiger partial charge on any atom is -0.410 e. The first-order valence-electron chi connectivity index (χ1n) is 9.84. The summed E-state index contributed by atoms with van der Waals surface area (Å²) in [5.41, 5.74) is 0. The van der Waals surface area contributed by atoms with E-state index in [0.29, 0.717) is 6.42 Å². The second-order valence-electron chi connectivity index (χ2n) is 9.74. The maximum Gasteiger partial charge on any atom is 0.362 e. The van der Waals surface area contributed by atoms with Crippen molar-refractivity contribution in [2.45, 2.75) is 103 Å². The third kappa shape index (κ3) is 7.49. The molecule has 1 aliphatic heterocycles. The largest absolute Gasteiger partial charge is 0.410 e. The Labute approximate surface area is 172 Å². The van der Waals surface area contributed by atoms with E-state index in [-0.39, 0.29) is 23.0 Å². The smallest absolute Gasteiger partial charge is 0.362 e. The molecule has 7 nitrogen and oxygen atoms in total. The Bertz CT molecular complexity index is 656. The van der Waals surface area contributed by atoms with E-state index in [1.165, 1.54) is 6.26 Å². The standard InChI is InChI=1S/C18H39O7PSSi/c1-13(2)23-26(19,24-14(3)4)17-16(25-28(9,10)18(5,6)7)11-15(22-17)12-27(8,20)21/h13-17H,11-12H2,1-10H3/t15-,16+,17-/m0/s1. The van der Waals surface area contributed by atoms with Crippen LogP contribution in [0.1, 0.15) is 54.9 Å². The summed E-state index contributed by atoms with van der Waals surface area (Å²) in [5.74, 6) is -1.09. The van der Waals surface area contributed by atoms with Gasteiger partial charge in [0, 0.05) is 12.7 Å². The van der Waals surface area contributed by atoms with E-state index in [1.54, 1.807) is 27.7 Å². The van der Waals surface area contributed by atoms with Crippen LogP contribution in [0.5, 0.6) is 0 Å². The Morgan fingerprint density at radius 1 is 1.11 bits per heavy atom. The van der Waals surface area contributed by atoms with Gasteiger partial charge in [0.25, 0.3) is 0 Å². The summed E-state index contributed by atoms with van der Waals surface area (Å²) >= 11 is 0. The van der Waals surface area contributed by atoms with Crippen LogP contribution in [-0.4, -0.2) is 59.0 Å². The predicted molar refractivity (Wildman–Crippen MR) is 115 cm³/mol. The van der Waals surface area contributed by atoms with E-state index in [9.17, 15) is 13.0 Å². The average molecular weight is 459 g/mol. The fraction of sp³-hybridized carbons (Fsp3) is 1.00. The lowest BCUT2D eigenvalue weighted by molar-refractivity contribution is 0.0295. The SMILES string of the molecule is CC(C)OP(=O)(OC(C)C)[C@@H]1O[C@H](CS(C)(=O)=O)C[C@H]1O[Si](C)(C)C(C)(C)C. The van der Waals surface area contributed by atoms with Crippen molar-refractivity contribution in [3.63, 3.8) is 0 Å². The van der Waals surface area contributed by atoms with Gasteiger partial charge in [-0.15, -0.1) is 0 Å². The summed E-state index contributed by atoms with van der Waals surface area (Å²) in [6.07, 6.45) is -0.309. The molecule has 0 N–H and O–H groups in total. The van der Waals surface area contributed by atoms with Crippen molar-refractivity contribution in [2.24, 2.45) is 0 Å². The zero-order valence-corrected chi connectivity index (χ0v) is 21.7. The molecule has 3 atom stereocenters. The molecule has 0 aromatic carbocycles. The fourth-order valence-corrected chi connectivity index (χ4v) is 7.54. The quantitative estimate of drug-likeness (QED) is 0.369. The highest BCUT2D eigenvalue weighted by atomic mass is 32.2. The van der Waals surface area contributed by atoms with Gasteiger partial charge in [0.05, 0.1) is 30.2 Å². The molecule has 168 valence electrons. The molecule has 1 rings (SSSR count). The van der Waals surface area contributed by atoms with Crippen molar-refractivity contribution < 1.29 is 31.2 Å². The molecule has 0 aliphatic carbocycles. The molecule has 10 heteroatoms. The van der Waals surface area contributed by atoms with E-state index < -0.39 is 43.8 Å². The predicted octanol–water partition coefficient (Wildman–Crippen LogP) is 4.58. The summed E-state index contributed by atoms with van der Waals surface area (Å²) in [4.78, 5) is 0. The summed E-state index contributed by atoms with van der Waals surface area (Å²) in [6.45, 7) is 17.7. The molecule has 0 spiro atoms. The highest BCUT2D eigenvalue weighted by molar-refractivity contribution is 7.90. The van der Waals surface area contributed by atoms with Gasteiger partial charge in [0.2, 0.25) is 0 Å². The van der Waals surface area contributed by atoms with Gasteiger partial charge >= 0.3 is 7.60 Å². The van der Waals surface area contributed by atoms with Gasteiger partial charge in [-0.2, -0.15) is 0 Å². The summed E-state index contributed by atoms with van der Waals surface area (Å²) in [5, 5.41) is -0.0612. The molecular formula is C18H39O7PSSi. The third-order valence-corrected chi connectivity index (χ3v) is 12.9. The third-order valence-electron chi connectivity index (χ3n) is 4.91. The maximum absolute atomic E-state index is 13.7. The van der Waals surface area contributed by atoms with Crippen LogP contribution in [0.25, 0.3) is 0 Å². The zero-order valence-electron chi connectivity index (χ0n) is 19.0. The van der Waals surface area contributed by atoms with E-state index in [0.717, 1.165) is 0 Å². The molecule has 0 aromatic heterocycles. The van der Waals surface area contributed by atoms with E-state index in [4.69, 9.17) is 18.2 Å². The first-order chi connectivity index (χ1) is 12.4. The van der Waals surface area contributed by atoms with Crippen molar-refractivity contribution in [3.8, 4) is 0 Å². The number of sulfone groups is 1. The van der Waals surface area contributed by atoms with Crippen LogP contribution in [0.2, 0.25) is 18.1 Å². The molecule has 1 heterocycles. The Morgan fingerprint density at radius 3 is 1.93 bits per heavy atom. The van der Waals surface area contributed by atoms with Crippen molar-refractivity contribution in [2.75, 3.05) is 12.0 Å². The van der Waals surface area contributed by atoms with Gasteiger partial charge < -0.3 is 18.2 Å². The number of hydrogen-bond donors (Lipinski definition) is 0. The molecule has 0 bridgehead atoms. The lowest BCUT2D eigenvalue weighted by Gasteiger charge is -2.40. The van der Waals surface area contributed by atoms with E-state index in [1.807, 2.05) is 0 Å². The van der Waals surface area contributed by atoms with Gasteiger partial charge in [-0.1, -0.05) is 20.8 Å². The Kier molecular flexibility index (Phi) is 8.60. The summed E-state index contributed by atoms with van der Waals surface area (Å²) in [7, 11) is -9.18. The number of rotatable bonds is 9. The average Bonchev–Trinajstić information content (AvgIpc) is 2.75. The Hall–Kier alpha value is 0.237. The molecule has 0 saturated carbocycles. The van der Waals surface area contributed by atoms with Gasteiger partial charge in [0.15, 0.2) is 14.2 Å². The Morgan fingerprint density at radius 2 is 1.57 bits per heavy atom. The van der Waals surface area contributed by atoms with Crippen molar-refractivity contribution >= 4 is 25.8 Å². The lowest BCUT2D eigenvalue weighted by atomic mass is 10.2. The second kappa shape index (κ2) is 9.16. The van der Waals surface area contributed by atoms with Crippen molar-refractivity contribution in [1.29, 1.82) is 0 Å². The molecule has 0 radical (unpaired) electrons. The summed E-state index contributed by atoms with van der Waals surface area (Å²) < 4.78 is 61.3. The lowest BCUT2D eigenvalue weighted by Crippen LogP contribution is -2.46. The number of hydrogen-bond acceptors (Lipinski definition) is 7. The van der Waals surface area contributed by atoms with Crippen LogP contribution < -0.4 is 0 Å². The van der Waals surface area contributed by atoms with Crippen LogP contribution in [0.3, 0.4) is 0 Å². The first-order valence-corrected chi connectivity index (χ1v) is 16.4. The van der Waals surface area contributed by atoms with Gasteiger partial charge in [0.1, 0.15) is 9.84 Å². The molecule has 1 saturated heterocycles. The molecule has 0 aromatic rings. The maximum atomic E-state index is 13.7. The molecule has 1 aliphatic rings. The first kappa shape index (κ1) is 26.3. The van der Waals surface area contributed by atoms with Crippen LogP contribution in [0.4, 0.5) is 0 Å². The van der Waals surface area contributed by atoms with Gasteiger partial charge in [-0.05, 0) is 45.8 Å². The van der Waals surface area contributed by atoms with Crippen LogP contribution >= 0.6 is 7.60 Å². The molecule has 0 amide bonds. The van der Waals surface area contributed by atoms with Crippen LogP contribution in [0.15, 0.2) is 0 Å².